The van der Waals surface area contributed by atoms with Crippen molar-refractivity contribution in [3.05, 3.63) is 34.9 Å². The molecule has 19 heavy (non-hydrogen) atoms. The Hall–Kier alpha value is -1.97. The van der Waals surface area contributed by atoms with Gasteiger partial charge in [-0.25, -0.2) is 5.43 Å². The van der Waals surface area contributed by atoms with Gasteiger partial charge in [0.1, 0.15) is 5.78 Å². The zero-order valence-electron chi connectivity index (χ0n) is 11.1. The van der Waals surface area contributed by atoms with Crippen molar-refractivity contribution in [2.45, 2.75) is 38.5 Å². The highest BCUT2D eigenvalue weighted by Gasteiger charge is 2.38. The second-order valence-electron chi connectivity index (χ2n) is 5.69. The van der Waals surface area contributed by atoms with Gasteiger partial charge in [0.15, 0.2) is 0 Å². The van der Waals surface area contributed by atoms with E-state index in [4.69, 9.17) is 0 Å². The summed E-state index contributed by atoms with van der Waals surface area (Å²) in [6.45, 7) is 3.94. The summed E-state index contributed by atoms with van der Waals surface area (Å²) in [6, 6.07) is 6.05. The molecule has 1 aromatic rings. The number of amides is 1. The normalized spacial score (nSPS) is 20.8. The number of Topliss-reactive ketones (excluding diaryl/α,β-unsaturated/α-hetero) is 1. The number of hydrazone groups is 1. The fourth-order valence-electron chi connectivity index (χ4n) is 2.72. The van der Waals surface area contributed by atoms with E-state index in [0.29, 0.717) is 19.3 Å². The lowest BCUT2D eigenvalue weighted by atomic mass is 9.84. The first-order chi connectivity index (χ1) is 8.98. The van der Waals surface area contributed by atoms with Crippen LogP contribution in [0, 0.1) is 0 Å². The van der Waals surface area contributed by atoms with Gasteiger partial charge in [0.25, 0.3) is 0 Å². The molecule has 1 aromatic carbocycles. The number of fused-ring (bicyclic) bond motifs is 1. The van der Waals surface area contributed by atoms with Gasteiger partial charge in [0.05, 0.1) is 5.71 Å². The second-order valence-corrected chi connectivity index (χ2v) is 5.69. The Morgan fingerprint density at radius 2 is 2.00 bits per heavy atom. The molecule has 1 heterocycles. The molecule has 0 aromatic heterocycles. The first-order valence-corrected chi connectivity index (χ1v) is 6.51. The summed E-state index contributed by atoms with van der Waals surface area (Å²) in [5.41, 5.74) is 6.19. The van der Waals surface area contributed by atoms with E-state index in [0.717, 1.165) is 22.4 Å². The lowest BCUT2D eigenvalue weighted by Crippen LogP contribution is -2.26. The van der Waals surface area contributed by atoms with Gasteiger partial charge in [-0.3, -0.25) is 9.59 Å². The number of rotatable bonds is 1. The Morgan fingerprint density at radius 3 is 2.68 bits per heavy atom. The monoisotopic (exact) mass is 256 g/mol. The molecular weight excluding hydrogens is 240 g/mol. The highest BCUT2D eigenvalue weighted by Crippen LogP contribution is 2.36. The van der Waals surface area contributed by atoms with E-state index >= 15 is 0 Å². The molecule has 1 amide bonds. The maximum absolute atomic E-state index is 12.0. The number of hydrogen-bond donors (Lipinski definition) is 1. The van der Waals surface area contributed by atoms with E-state index in [-0.39, 0.29) is 11.7 Å². The Balaban J connectivity index is 2.02. The molecule has 0 unspecified atom stereocenters. The predicted molar refractivity (Wildman–Crippen MR) is 72.1 cm³/mol. The summed E-state index contributed by atoms with van der Waals surface area (Å²) in [6.07, 6.45) is 1.64. The van der Waals surface area contributed by atoms with Crippen molar-refractivity contribution in [2.75, 3.05) is 0 Å². The minimum absolute atomic E-state index is 0.0413. The Morgan fingerprint density at radius 1 is 1.21 bits per heavy atom. The summed E-state index contributed by atoms with van der Waals surface area (Å²) in [5, 5.41) is 4.11. The van der Waals surface area contributed by atoms with Crippen molar-refractivity contribution < 1.29 is 9.59 Å². The molecule has 0 saturated carbocycles. The molecule has 3 rings (SSSR count). The first kappa shape index (κ1) is 12.1. The van der Waals surface area contributed by atoms with Gasteiger partial charge in [-0.05, 0) is 36.6 Å². The number of carbonyl (C=O) groups is 2. The van der Waals surface area contributed by atoms with E-state index < -0.39 is 5.41 Å². The van der Waals surface area contributed by atoms with Gasteiger partial charge in [-0.2, -0.15) is 5.10 Å². The summed E-state index contributed by atoms with van der Waals surface area (Å²) >= 11 is 0. The van der Waals surface area contributed by atoms with Crippen LogP contribution in [0.1, 0.15) is 43.4 Å². The van der Waals surface area contributed by atoms with Gasteiger partial charge < -0.3 is 0 Å². The Kier molecular flexibility index (Phi) is 2.55. The van der Waals surface area contributed by atoms with Crippen LogP contribution in [0.3, 0.4) is 0 Å². The highest BCUT2D eigenvalue weighted by molar-refractivity contribution is 6.05. The van der Waals surface area contributed by atoms with Gasteiger partial charge in [-0.1, -0.05) is 12.1 Å². The Bertz CT molecular complexity index is 615. The van der Waals surface area contributed by atoms with E-state index in [1.54, 1.807) is 0 Å². The molecular formula is C15H16N2O2. The van der Waals surface area contributed by atoms with Crippen LogP contribution in [-0.4, -0.2) is 17.4 Å². The molecule has 0 spiro atoms. The van der Waals surface area contributed by atoms with Crippen LogP contribution in [-0.2, 0) is 21.4 Å². The number of hydrogen-bond acceptors (Lipinski definition) is 3. The molecule has 0 bridgehead atoms. The minimum atomic E-state index is -0.413. The SMILES string of the molecule is CC1(C)C(=O)Cc2ccc(C3=NNC(=O)CC3)cc21. The average Bonchev–Trinajstić information content (AvgIpc) is 2.61. The fourth-order valence-corrected chi connectivity index (χ4v) is 2.72. The van der Waals surface area contributed by atoms with Crippen LogP contribution in [0.4, 0.5) is 0 Å². The quantitative estimate of drug-likeness (QED) is 0.831. The van der Waals surface area contributed by atoms with Crippen molar-refractivity contribution >= 4 is 17.4 Å². The van der Waals surface area contributed by atoms with Crippen LogP contribution < -0.4 is 5.43 Å². The van der Waals surface area contributed by atoms with E-state index in [9.17, 15) is 9.59 Å². The molecule has 1 aliphatic carbocycles. The van der Waals surface area contributed by atoms with Crippen LogP contribution in [0.25, 0.3) is 0 Å². The van der Waals surface area contributed by atoms with Crippen LogP contribution in [0.2, 0.25) is 0 Å². The number of nitrogens with zero attached hydrogens (tertiary/aromatic N) is 1. The zero-order chi connectivity index (χ0) is 13.6. The van der Waals surface area contributed by atoms with Crippen molar-refractivity contribution in [1.29, 1.82) is 0 Å². The number of benzene rings is 1. The molecule has 1 N–H and O–H groups in total. The first-order valence-electron chi connectivity index (χ1n) is 6.51. The molecule has 4 nitrogen and oxygen atoms in total. The van der Waals surface area contributed by atoms with Crippen LogP contribution in [0.5, 0.6) is 0 Å². The predicted octanol–water partition coefficient (Wildman–Crippen LogP) is 1.70. The van der Waals surface area contributed by atoms with Crippen molar-refractivity contribution in [2.24, 2.45) is 5.10 Å². The molecule has 98 valence electrons. The molecule has 0 saturated heterocycles. The Labute approximate surface area is 111 Å². The number of nitrogens with one attached hydrogen (secondary N) is 1. The summed E-state index contributed by atoms with van der Waals surface area (Å²) in [5.74, 6) is 0.221. The van der Waals surface area contributed by atoms with Crippen molar-refractivity contribution in [3.8, 4) is 0 Å². The fraction of sp³-hybridized carbons (Fsp3) is 0.400. The third-order valence-electron chi connectivity index (χ3n) is 4.07. The lowest BCUT2D eigenvalue weighted by Gasteiger charge is -2.19. The van der Waals surface area contributed by atoms with Gasteiger partial charge >= 0.3 is 0 Å². The van der Waals surface area contributed by atoms with E-state index in [1.807, 2.05) is 26.0 Å². The van der Waals surface area contributed by atoms with Gasteiger partial charge in [0, 0.05) is 24.7 Å². The largest absolute Gasteiger partial charge is 0.298 e. The summed E-state index contributed by atoms with van der Waals surface area (Å²) < 4.78 is 0. The minimum Gasteiger partial charge on any atom is -0.298 e. The molecule has 2 aliphatic rings. The average molecular weight is 256 g/mol. The van der Waals surface area contributed by atoms with Crippen LogP contribution >= 0.6 is 0 Å². The van der Waals surface area contributed by atoms with Crippen molar-refractivity contribution in [1.82, 2.24) is 5.43 Å². The smallest absolute Gasteiger partial charge is 0.240 e. The number of carbonyl (C=O) groups excluding carboxylic acids is 2. The third-order valence-corrected chi connectivity index (χ3v) is 4.07. The third kappa shape index (κ3) is 1.87. The molecule has 4 heteroatoms. The topological polar surface area (TPSA) is 58.5 Å². The van der Waals surface area contributed by atoms with Crippen molar-refractivity contribution in [3.63, 3.8) is 0 Å². The molecule has 0 radical (unpaired) electrons. The second kappa shape index (κ2) is 4.02. The number of ketones is 1. The van der Waals surface area contributed by atoms with E-state index in [2.05, 4.69) is 16.6 Å². The molecule has 0 atom stereocenters. The maximum atomic E-state index is 12.0. The zero-order valence-corrected chi connectivity index (χ0v) is 11.1. The maximum Gasteiger partial charge on any atom is 0.240 e. The lowest BCUT2D eigenvalue weighted by molar-refractivity contribution is -0.122. The van der Waals surface area contributed by atoms with Gasteiger partial charge in [0.2, 0.25) is 5.91 Å². The highest BCUT2D eigenvalue weighted by atomic mass is 16.2. The molecule has 0 fully saturated rings. The van der Waals surface area contributed by atoms with E-state index in [1.165, 1.54) is 0 Å². The standard InChI is InChI=1S/C15H16N2O2/c1-15(2)11-7-10(4-3-9(11)8-13(15)18)12-5-6-14(19)17-16-12/h3-4,7H,5-6,8H2,1-2H3,(H,17,19). The summed E-state index contributed by atoms with van der Waals surface area (Å²) in [4.78, 5) is 23.1. The molecule has 1 aliphatic heterocycles. The van der Waals surface area contributed by atoms with Gasteiger partial charge in [-0.15, -0.1) is 0 Å². The summed E-state index contributed by atoms with van der Waals surface area (Å²) in [7, 11) is 0. The van der Waals surface area contributed by atoms with Crippen LogP contribution in [0.15, 0.2) is 23.3 Å².